The third-order valence-electron chi connectivity index (χ3n) is 3.07. The summed E-state index contributed by atoms with van der Waals surface area (Å²) >= 11 is 8.41. The predicted molar refractivity (Wildman–Crippen MR) is 97.6 cm³/mol. The number of fused-ring (bicyclic) bond motifs is 1. The number of thioether (sulfide) groups is 1. The molecule has 3 aromatic rings. The summed E-state index contributed by atoms with van der Waals surface area (Å²) in [6, 6.07) is 6.74. The first kappa shape index (κ1) is 16.8. The van der Waals surface area contributed by atoms with Crippen molar-refractivity contribution in [2.75, 3.05) is 18.2 Å². The van der Waals surface area contributed by atoms with Crippen LogP contribution in [0.5, 0.6) is 5.75 Å². The summed E-state index contributed by atoms with van der Waals surface area (Å²) in [5.41, 5.74) is 0.919. The normalized spacial score (nSPS) is 10.8. The molecule has 0 radical (unpaired) electrons. The molecular formula is C15H12ClN3O3S2. The Morgan fingerprint density at radius 3 is 3.08 bits per heavy atom. The maximum Gasteiger partial charge on any atom is 0.269 e. The van der Waals surface area contributed by atoms with Gasteiger partial charge in [-0.15, -0.1) is 11.3 Å². The molecule has 1 amide bonds. The summed E-state index contributed by atoms with van der Waals surface area (Å²) in [6.07, 6.45) is 0. The van der Waals surface area contributed by atoms with Gasteiger partial charge in [0, 0.05) is 5.02 Å². The van der Waals surface area contributed by atoms with Crippen LogP contribution < -0.4 is 15.6 Å². The molecule has 0 aliphatic heterocycles. The van der Waals surface area contributed by atoms with Gasteiger partial charge in [0.25, 0.3) is 5.56 Å². The van der Waals surface area contributed by atoms with Gasteiger partial charge in [0.2, 0.25) is 5.91 Å². The minimum atomic E-state index is -0.256. The van der Waals surface area contributed by atoms with Crippen LogP contribution in [-0.2, 0) is 4.79 Å². The van der Waals surface area contributed by atoms with Crippen molar-refractivity contribution >= 4 is 56.5 Å². The molecule has 24 heavy (non-hydrogen) atoms. The Morgan fingerprint density at radius 1 is 1.46 bits per heavy atom. The van der Waals surface area contributed by atoms with Crippen LogP contribution in [-0.4, -0.2) is 28.7 Å². The van der Waals surface area contributed by atoms with Gasteiger partial charge in [-0.25, -0.2) is 4.98 Å². The second kappa shape index (κ2) is 7.25. The van der Waals surface area contributed by atoms with Crippen molar-refractivity contribution in [3.05, 3.63) is 45.0 Å². The maximum absolute atomic E-state index is 12.1. The molecule has 0 saturated carbocycles. The maximum atomic E-state index is 12.1. The Hall–Kier alpha value is -2.03. The zero-order chi connectivity index (χ0) is 17.1. The zero-order valence-corrected chi connectivity index (χ0v) is 14.8. The van der Waals surface area contributed by atoms with Crippen molar-refractivity contribution in [2.45, 2.75) is 5.16 Å². The quantitative estimate of drug-likeness (QED) is 0.523. The van der Waals surface area contributed by atoms with E-state index in [0.717, 1.165) is 11.8 Å². The number of carbonyl (C=O) groups is 1. The number of thiophene rings is 1. The summed E-state index contributed by atoms with van der Waals surface area (Å²) < 4.78 is 5.76. The summed E-state index contributed by atoms with van der Waals surface area (Å²) in [5.74, 6) is 0.353. The predicted octanol–water partition coefficient (Wildman–Crippen LogP) is 3.38. The number of carbonyl (C=O) groups excluding carboxylic acids is 1. The first-order chi connectivity index (χ1) is 11.6. The minimum Gasteiger partial charge on any atom is -0.495 e. The lowest BCUT2D eigenvalue weighted by atomic mass is 10.3. The standard InChI is InChI=1S/C15H12ClN3O3S2/c1-22-11-3-2-8(16)6-10(11)17-12(20)7-24-15-18-9-4-5-23-13(9)14(21)19-15/h2-6H,7H2,1H3,(H,17,20)(H,18,19,21). The molecule has 2 heterocycles. The Bertz CT molecular complexity index is 955. The van der Waals surface area contributed by atoms with Crippen molar-refractivity contribution in [2.24, 2.45) is 0 Å². The van der Waals surface area contributed by atoms with E-state index in [-0.39, 0.29) is 17.2 Å². The number of aromatic amines is 1. The van der Waals surface area contributed by atoms with Crippen molar-refractivity contribution in [3.63, 3.8) is 0 Å². The molecule has 0 aliphatic rings. The smallest absolute Gasteiger partial charge is 0.269 e. The van der Waals surface area contributed by atoms with Crippen LogP contribution >= 0.6 is 34.7 Å². The molecule has 0 fully saturated rings. The van der Waals surface area contributed by atoms with Crippen LogP contribution in [0.3, 0.4) is 0 Å². The zero-order valence-electron chi connectivity index (χ0n) is 12.5. The fraction of sp³-hybridized carbons (Fsp3) is 0.133. The molecule has 0 spiro atoms. The molecule has 2 N–H and O–H groups in total. The van der Waals surface area contributed by atoms with E-state index in [1.54, 1.807) is 29.6 Å². The van der Waals surface area contributed by atoms with Gasteiger partial charge in [0.1, 0.15) is 10.4 Å². The molecule has 124 valence electrons. The monoisotopic (exact) mass is 381 g/mol. The fourth-order valence-corrected chi connectivity index (χ4v) is 3.58. The lowest BCUT2D eigenvalue weighted by Gasteiger charge is -2.10. The third-order valence-corrected chi connectivity index (χ3v) is 5.08. The molecule has 0 aliphatic carbocycles. The molecular weight excluding hydrogens is 370 g/mol. The van der Waals surface area contributed by atoms with Gasteiger partial charge >= 0.3 is 0 Å². The Morgan fingerprint density at radius 2 is 2.29 bits per heavy atom. The van der Waals surface area contributed by atoms with Crippen LogP contribution in [0.1, 0.15) is 0 Å². The van der Waals surface area contributed by atoms with Crippen molar-refractivity contribution < 1.29 is 9.53 Å². The van der Waals surface area contributed by atoms with Crippen molar-refractivity contribution in [1.82, 2.24) is 9.97 Å². The molecule has 0 bridgehead atoms. The fourth-order valence-electron chi connectivity index (χ4n) is 2.02. The van der Waals surface area contributed by atoms with Gasteiger partial charge in [0.05, 0.1) is 24.1 Å². The average molecular weight is 382 g/mol. The number of nitrogens with zero attached hydrogens (tertiary/aromatic N) is 1. The van der Waals surface area contributed by atoms with Gasteiger partial charge in [-0.2, -0.15) is 0 Å². The number of benzene rings is 1. The van der Waals surface area contributed by atoms with E-state index in [1.165, 1.54) is 18.4 Å². The van der Waals surface area contributed by atoms with Crippen LogP contribution in [0.25, 0.3) is 10.2 Å². The lowest BCUT2D eigenvalue weighted by Crippen LogP contribution is -2.16. The van der Waals surface area contributed by atoms with E-state index in [4.69, 9.17) is 16.3 Å². The minimum absolute atomic E-state index is 0.0915. The number of hydrogen-bond donors (Lipinski definition) is 2. The number of H-pyrrole nitrogens is 1. The largest absolute Gasteiger partial charge is 0.495 e. The van der Waals surface area contributed by atoms with Crippen LogP contribution in [0.2, 0.25) is 5.02 Å². The van der Waals surface area contributed by atoms with Gasteiger partial charge in [-0.1, -0.05) is 23.4 Å². The molecule has 0 atom stereocenters. The summed E-state index contributed by atoms with van der Waals surface area (Å²) in [4.78, 5) is 31.0. The van der Waals surface area contributed by atoms with Crippen molar-refractivity contribution in [1.29, 1.82) is 0 Å². The van der Waals surface area contributed by atoms with E-state index in [9.17, 15) is 9.59 Å². The number of hydrogen-bond acceptors (Lipinski definition) is 6. The molecule has 9 heteroatoms. The average Bonchev–Trinajstić information content (AvgIpc) is 3.02. The van der Waals surface area contributed by atoms with Gasteiger partial charge in [0.15, 0.2) is 5.16 Å². The summed E-state index contributed by atoms with van der Waals surface area (Å²) in [6.45, 7) is 0. The summed E-state index contributed by atoms with van der Waals surface area (Å²) in [7, 11) is 1.51. The molecule has 1 aromatic carbocycles. The molecule has 0 unspecified atom stereocenters. The second-order valence-corrected chi connectivity index (χ2v) is 7.00. The Kier molecular flexibility index (Phi) is 5.08. The van der Waals surface area contributed by atoms with Gasteiger partial charge in [-0.3, -0.25) is 9.59 Å². The molecule has 0 saturated heterocycles. The van der Waals surface area contributed by atoms with E-state index in [2.05, 4.69) is 15.3 Å². The first-order valence-corrected chi connectivity index (χ1v) is 9.05. The second-order valence-electron chi connectivity index (χ2n) is 4.69. The lowest BCUT2D eigenvalue weighted by molar-refractivity contribution is -0.113. The number of anilines is 1. The number of rotatable bonds is 5. The highest BCUT2D eigenvalue weighted by Crippen LogP contribution is 2.28. The number of aromatic nitrogens is 2. The molecule has 3 rings (SSSR count). The van der Waals surface area contributed by atoms with E-state index in [1.807, 2.05) is 0 Å². The molecule has 6 nitrogen and oxygen atoms in total. The van der Waals surface area contributed by atoms with E-state index < -0.39 is 0 Å². The number of nitrogens with one attached hydrogen (secondary N) is 2. The SMILES string of the molecule is COc1ccc(Cl)cc1NC(=O)CSc1nc2ccsc2c(=O)[nH]1. The number of amides is 1. The van der Waals surface area contributed by atoms with Gasteiger partial charge in [-0.05, 0) is 29.6 Å². The van der Waals surface area contributed by atoms with E-state index >= 15 is 0 Å². The highest BCUT2D eigenvalue weighted by atomic mass is 35.5. The van der Waals surface area contributed by atoms with Gasteiger partial charge < -0.3 is 15.0 Å². The van der Waals surface area contributed by atoms with E-state index in [0.29, 0.717) is 31.8 Å². The Balaban J connectivity index is 1.69. The topological polar surface area (TPSA) is 84.1 Å². The number of methoxy groups -OCH3 is 1. The molecule has 2 aromatic heterocycles. The number of halogens is 1. The van der Waals surface area contributed by atoms with Crippen LogP contribution in [0.4, 0.5) is 5.69 Å². The highest BCUT2D eigenvalue weighted by molar-refractivity contribution is 7.99. The number of ether oxygens (including phenoxy) is 1. The summed E-state index contributed by atoms with van der Waals surface area (Å²) in [5, 5.41) is 5.43. The third kappa shape index (κ3) is 3.72. The first-order valence-electron chi connectivity index (χ1n) is 6.80. The Labute approximate surface area is 150 Å². The highest BCUT2D eigenvalue weighted by Gasteiger charge is 2.11. The van der Waals surface area contributed by atoms with Crippen molar-refractivity contribution in [3.8, 4) is 5.75 Å². The van der Waals surface area contributed by atoms with Crippen LogP contribution in [0, 0.1) is 0 Å². The van der Waals surface area contributed by atoms with Crippen LogP contribution in [0.15, 0.2) is 39.6 Å².